The molecule has 1 atom stereocenters. The van der Waals surface area contributed by atoms with Crippen LogP contribution in [0.25, 0.3) is 0 Å². The van der Waals surface area contributed by atoms with Gasteiger partial charge in [-0.2, -0.15) is 13.2 Å². The van der Waals surface area contributed by atoms with Crippen LogP contribution in [-0.2, 0) is 0 Å². The molecule has 17 heavy (non-hydrogen) atoms. The molecule has 0 amide bonds. The lowest BCUT2D eigenvalue weighted by molar-refractivity contribution is -0.147. The molecule has 2 rings (SSSR count). The third kappa shape index (κ3) is 4.84. The van der Waals surface area contributed by atoms with Crippen LogP contribution in [0.2, 0.25) is 0 Å². The maximum atomic E-state index is 12.4. The predicted molar refractivity (Wildman–Crippen MR) is 60.9 cm³/mol. The molecule has 0 bridgehead atoms. The molecule has 1 unspecified atom stereocenters. The number of alkyl halides is 3. The smallest absolute Gasteiger partial charge is 0.314 e. The van der Waals surface area contributed by atoms with Gasteiger partial charge in [-0.3, -0.25) is 4.90 Å². The van der Waals surface area contributed by atoms with E-state index in [1.807, 2.05) is 0 Å². The lowest BCUT2D eigenvalue weighted by atomic mass is 10.1. The minimum absolute atomic E-state index is 0.202. The van der Waals surface area contributed by atoms with Crippen LogP contribution in [0.15, 0.2) is 0 Å². The van der Waals surface area contributed by atoms with Crippen LogP contribution in [0.4, 0.5) is 13.2 Å². The molecular weight excluding hydrogens is 229 g/mol. The van der Waals surface area contributed by atoms with E-state index in [0.29, 0.717) is 12.6 Å². The first-order chi connectivity index (χ1) is 8.04. The summed E-state index contributed by atoms with van der Waals surface area (Å²) in [5.41, 5.74) is 0. The Labute approximate surface area is 101 Å². The van der Waals surface area contributed by atoms with Crippen molar-refractivity contribution in [2.75, 3.05) is 19.6 Å². The van der Waals surface area contributed by atoms with Crippen LogP contribution in [0.1, 0.15) is 38.5 Å². The Morgan fingerprint density at radius 2 is 1.94 bits per heavy atom. The average molecular weight is 250 g/mol. The Bertz CT molecular complexity index is 232. The summed E-state index contributed by atoms with van der Waals surface area (Å²) in [7, 11) is 0. The number of rotatable bonds is 6. The molecule has 1 saturated carbocycles. The van der Waals surface area contributed by atoms with Crippen molar-refractivity contribution in [3.05, 3.63) is 0 Å². The molecule has 0 radical (unpaired) electrons. The summed E-state index contributed by atoms with van der Waals surface area (Å²) >= 11 is 0. The molecular formula is C12H21F3N2. The molecule has 1 heterocycles. The van der Waals surface area contributed by atoms with Gasteiger partial charge in [0.25, 0.3) is 0 Å². The maximum absolute atomic E-state index is 12.4. The second kappa shape index (κ2) is 5.57. The molecule has 0 spiro atoms. The van der Waals surface area contributed by atoms with Gasteiger partial charge >= 0.3 is 6.18 Å². The van der Waals surface area contributed by atoms with Crippen molar-refractivity contribution in [1.82, 2.24) is 10.2 Å². The van der Waals surface area contributed by atoms with Gasteiger partial charge in [0, 0.05) is 12.1 Å². The van der Waals surface area contributed by atoms with Crippen molar-refractivity contribution in [3.8, 4) is 0 Å². The highest BCUT2D eigenvalue weighted by Gasteiger charge is 2.37. The topological polar surface area (TPSA) is 15.3 Å². The third-order valence-electron chi connectivity index (χ3n) is 3.61. The minimum Gasteiger partial charge on any atom is -0.314 e. The van der Waals surface area contributed by atoms with Crippen molar-refractivity contribution in [3.63, 3.8) is 0 Å². The SMILES string of the molecule is FC(F)(F)CN(CCCC1CCCN1)C1CC1. The monoisotopic (exact) mass is 250 g/mol. The lowest BCUT2D eigenvalue weighted by Gasteiger charge is -2.23. The van der Waals surface area contributed by atoms with Gasteiger partial charge < -0.3 is 5.32 Å². The fraction of sp³-hybridized carbons (Fsp3) is 1.00. The minimum atomic E-state index is -4.05. The van der Waals surface area contributed by atoms with Crippen molar-refractivity contribution in [2.24, 2.45) is 0 Å². The van der Waals surface area contributed by atoms with Crippen LogP contribution in [0.5, 0.6) is 0 Å². The van der Waals surface area contributed by atoms with Crippen molar-refractivity contribution >= 4 is 0 Å². The summed E-state index contributed by atoms with van der Waals surface area (Å²) in [4.78, 5) is 1.62. The molecule has 1 aliphatic heterocycles. The van der Waals surface area contributed by atoms with E-state index in [0.717, 1.165) is 32.2 Å². The Morgan fingerprint density at radius 1 is 1.18 bits per heavy atom. The fourth-order valence-electron chi connectivity index (χ4n) is 2.60. The Morgan fingerprint density at radius 3 is 2.47 bits per heavy atom. The van der Waals surface area contributed by atoms with E-state index in [1.165, 1.54) is 12.8 Å². The second-order valence-electron chi connectivity index (χ2n) is 5.25. The van der Waals surface area contributed by atoms with Gasteiger partial charge in [0.15, 0.2) is 0 Å². The van der Waals surface area contributed by atoms with Crippen LogP contribution in [0, 0.1) is 0 Å². The lowest BCUT2D eigenvalue weighted by Crippen LogP contribution is -2.37. The molecule has 1 saturated heterocycles. The van der Waals surface area contributed by atoms with E-state index >= 15 is 0 Å². The number of nitrogens with zero attached hydrogens (tertiary/aromatic N) is 1. The zero-order valence-electron chi connectivity index (χ0n) is 10.1. The van der Waals surface area contributed by atoms with Gasteiger partial charge in [-0.05, 0) is 51.6 Å². The van der Waals surface area contributed by atoms with Gasteiger partial charge in [0.2, 0.25) is 0 Å². The Balaban J connectivity index is 1.66. The van der Waals surface area contributed by atoms with Gasteiger partial charge in [0.1, 0.15) is 0 Å². The van der Waals surface area contributed by atoms with E-state index in [2.05, 4.69) is 5.32 Å². The zero-order valence-corrected chi connectivity index (χ0v) is 10.1. The summed E-state index contributed by atoms with van der Waals surface area (Å²) in [6.07, 6.45) is 2.12. The molecule has 1 aliphatic carbocycles. The molecule has 5 heteroatoms. The molecule has 2 nitrogen and oxygen atoms in total. The molecule has 1 N–H and O–H groups in total. The second-order valence-corrected chi connectivity index (χ2v) is 5.25. The summed E-state index contributed by atoms with van der Waals surface area (Å²) in [5.74, 6) is 0. The van der Waals surface area contributed by atoms with E-state index in [9.17, 15) is 13.2 Å². The Kier molecular flexibility index (Phi) is 4.31. The van der Waals surface area contributed by atoms with Crippen molar-refractivity contribution in [2.45, 2.75) is 56.8 Å². The highest BCUT2D eigenvalue weighted by atomic mass is 19.4. The van der Waals surface area contributed by atoms with Crippen LogP contribution >= 0.6 is 0 Å². The first kappa shape index (κ1) is 13.1. The van der Waals surface area contributed by atoms with Crippen LogP contribution in [-0.4, -0.2) is 42.8 Å². The van der Waals surface area contributed by atoms with E-state index in [1.54, 1.807) is 4.90 Å². The largest absolute Gasteiger partial charge is 0.401 e. The number of nitrogens with one attached hydrogen (secondary N) is 1. The Hall–Kier alpha value is -0.290. The van der Waals surface area contributed by atoms with Gasteiger partial charge in [-0.25, -0.2) is 0 Å². The van der Waals surface area contributed by atoms with E-state index in [-0.39, 0.29) is 6.04 Å². The van der Waals surface area contributed by atoms with Crippen LogP contribution in [0.3, 0.4) is 0 Å². The number of hydrogen-bond acceptors (Lipinski definition) is 2. The predicted octanol–water partition coefficient (Wildman–Crippen LogP) is 2.55. The van der Waals surface area contributed by atoms with Crippen molar-refractivity contribution in [1.29, 1.82) is 0 Å². The zero-order chi connectivity index (χ0) is 12.3. The average Bonchev–Trinajstić information content (AvgIpc) is 2.94. The summed E-state index contributed by atoms with van der Waals surface area (Å²) < 4.78 is 37.1. The van der Waals surface area contributed by atoms with E-state index < -0.39 is 12.7 Å². The highest BCUT2D eigenvalue weighted by Crippen LogP contribution is 2.30. The van der Waals surface area contributed by atoms with E-state index in [4.69, 9.17) is 0 Å². The third-order valence-corrected chi connectivity index (χ3v) is 3.61. The van der Waals surface area contributed by atoms with Gasteiger partial charge in [-0.15, -0.1) is 0 Å². The highest BCUT2D eigenvalue weighted by molar-refractivity contribution is 4.86. The summed E-state index contributed by atoms with van der Waals surface area (Å²) in [5, 5.41) is 3.38. The first-order valence-electron chi connectivity index (χ1n) is 6.59. The first-order valence-corrected chi connectivity index (χ1v) is 6.59. The summed E-state index contributed by atoms with van der Waals surface area (Å²) in [6.45, 7) is 0.942. The van der Waals surface area contributed by atoms with Crippen molar-refractivity contribution < 1.29 is 13.2 Å². The molecule has 100 valence electrons. The molecule has 0 aromatic rings. The standard InChI is InChI=1S/C12H21F3N2/c13-12(14,15)9-17(11-5-6-11)8-2-4-10-3-1-7-16-10/h10-11,16H,1-9H2. The molecule has 2 fully saturated rings. The summed E-state index contributed by atoms with van der Waals surface area (Å²) in [6, 6.07) is 0.745. The quantitative estimate of drug-likeness (QED) is 0.779. The van der Waals surface area contributed by atoms with Crippen LogP contribution < -0.4 is 5.32 Å². The van der Waals surface area contributed by atoms with Gasteiger partial charge in [-0.1, -0.05) is 0 Å². The van der Waals surface area contributed by atoms with Gasteiger partial charge in [0.05, 0.1) is 6.54 Å². The molecule has 0 aromatic carbocycles. The fourth-order valence-corrected chi connectivity index (χ4v) is 2.60. The molecule has 0 aromatic heterocycles. The number of hydrogen-bond donors (Lipinski definition) is 1. The molecule has 2 aliphatic rings. The number of halogens is 3. The normalized spacial score (nSPS) is 25.8. The maximum Gasteiger partial charge on any atom is 0.401 e.